The van der Waals surface area contributed by atoms with E-state index in [1.54, 1.807) is 30.3 Å². The van der Waals surface area contributed by atoms with Gasteiger partial charge in [0.2, 0.25) is 21.8 Å². The Labute approximate surface area is 208 Å². The molecule has 9 heteroatoms. The van der Waals surface area contributed by atoms with Crippen LogP contribution in [0.2, 0.25) is 0 Å². The number of carbonyl (C=O) groups is 2. The van der Waals surface area contributed by atoms with E-state index in [0.29, 0.717) is 24.2 Å². The molecule has 1 N–H and O–H groups in total. The highest BCUT2D eigenvalue weighted by Gasteiger charge is 2.28. The maximum atomic E-state index is 13.4. The van der Waals surface area contributed by atoms with Gasteiger partial charge in [0.1, 0.15) is 11.9 Å². The molecule has 35 heavy (non-hydrogen) atoms. The van der Waals surface area contributed by atoms with Crippen LogP contribution < -0.4 is 9.62 Å². The molecule has 2 rings (SSSR count). The minimum atomic E-state index is -3.54. The number of nitrogens with zero attached hydrogens (tertiary/aromatic N) is 2. The van der Waals surface area contributed by atoms with Gasteiger partial charge in [-0.1, -0.05) is 38.1 Å². The summed E-state index contributed by atoms with van der Waals surface area (Å²) in [6.45, 7) is 6.47. The summed E-state index contributed by atoms with van der Waals surface area (Å²) in [6, 6.07) is 12.3. The maximum absolute atomic E-state index is 13.4. The van der Waals surface area contributed by atoms with E-state index in [2.05, 4.69) is 5.32 Å². The van der Waals surface area contributed by atoms with Crippen molar-refractivity contribution in [3.05, 3.63) is 65.5 Å². The van der Waals surface area contributed by atoms with Crippen molar-refractivity contribution in [3.63, 3.8) is 0 Å². The average Bonchev–Trinajstić information content (AvgIpc) is 2.80. The summed E-state index contributed by atoms with van der Waals surface area (Å²) >= 11 is 0. The Kier molecular flexibility index (Phi) is 10.7. The Morgan fingerprint density at radius 3 is 2.34 bits per heavy atom. The average molecular weight is 506 g/mol. The number of amides is 2. The third-order valence-electron chi connectivity index (χ3n) is 5.64. The van der Waals surface area contributed by atoms with Crippen LogP contribution in [-0.4, -0.2) is 50.5 Å². The Hall–Kier alpha value is -2.94. The molecule has 7 nitrogen and oxygen atoms in total. The highest BCUT2D eigenvalue weighted by atomic mass is 32.2. The Morgan fingerprint density at radius 1 is 1.09 bits per heavy atom. The number of hydrogen-bond acceptors (Lipinski definition) is 4. The summed E-state index contributed by atoms with van der Waals surface area (Å²) in [4.78, 5) is 27.6. The molecule has 192 valence electrons. The van der Waals surface area contributed by atoms with Crippen molar-refractivity contribution in [2.24, 2.45) is 0 Å². The number of nitrogens with one attached hydrogen (secondary N) is 1. The standard InChI is InChI=1S/C26H36FN3O4S/c1-5-16-28-26(32)24(6-2)29(19-21-12-14-22(27)15-13-21)25(31)11-8-17-30(35(4,33)34)23-10-7-9-20(3)18-23/h7,9-10,12-15,18,24H,5-6,8,11,16-17,19H2,1-4H3,(H,28,32). The maximum Gasteiger partial charge on any atom is 0.242 e. The molecule has 0 heterocycles. The minimum Gasteiger partial charge on any atom is -0.354 e. The second-order valence-electron chi connectivity index (χ2n) is 8.64. The van der Waals surface area contributed by atoms with Gasteiger partial charge in [0.25, 0.3) is 0 Å². The summed E-state index contributed by atoms with van der Waals surface area (Å²) in [6.07, 6.45) is 2.68. The van der Waals surface area contributed by atoms with Crippen LogP contribution >= 0.6 is 0 Å². The van der Waals surface area contributed by atoms with Crippen molar-refractivity contribution in [1.29, 1.82) is 0 Å². The highest BCUT2D eigenvalue weighted by Crippen LogP contribution is 2.20. The lowest BCUT2D eigenvalue weighted by molar-refractivity contribution is -0.141. The molecular weight excluding hydrogens is 469 g/mol. The van der Waals surface area contributed by atoms with Crippen LogP contribution in [0.25, 0.3) is 0 Å². The van der Waals surface area contributed by atoms with E-state index in [0.717, 1.165) is 18.2 Å². The molecular formula is C26H36FN3O4S. The number of sulfonamides is 1. The van der Waals surface area contributed by atoms with Crippen molar-refractivity contribution >= 4 is 27.5 Å². The highest BCUT2D eigenvalue weighted by molar-refractivity contribution is 7.92. The zero-order valence-corrected chi connectivity index (χ0v) is 21.8. The van der Waals surface area contributed by atoms with Crippen molar-refractivity contribution in [2.75, 3.05) is 23.7 Å². The lowest BCUT2D eigenvalue weighted by Gasteiger charge is -2.31. The van der Waals surface area contributed by atoms with Gasteiger partial charge >= 0.3 is 0 Å². The Balaban J connectivity index is 2.19. The first-order valence-electron chi connectivity index (χ1n) is 11.9. The molecule has 0 saturated carbocycles. The van der Waals surface area contributed by atoms with Crippen LogP contribution in [0.5, 0.6) is 0 Å². The van der Waals surface area contributed by atoms with Crippen molar-refractivity contribution in [1.82, 2.24) is 10.2 Å². The topological polar surface area (TPSA) is 86.8 Å². The molecule has 0 bridgehead atoms. The smallest absolute Gasteiger partial charge is 0.242 e. The fourth-order valence-electron chi connectivity index (χ4n) is 3.86. The molecule has 0 aliphatic carbocycles. The van der Waals surface area contributed by atoms with Crippen molar-refractivity contribution in [3.8, 4) is 0 Å². The SMILES string of the molecule is CCCNC(=O)C(CC)N(Cc1ccc(F)cc1)C(=O)CCCN(c1cccc(C)c1)S(C)(=O)=O. The van der Waals surface area contributed by atoms with Crippen molar-refractivity contribution in [2.45, 2.75) is 59.0 Å². The van der Waals surface area contributed by atoms with Crippen molar-refractivity contribution < 1.29 is 22.4 Å². The van der Waals surface area contributed by atoms with Gasteiger partial charge in [0.15, 0.2) is 0 Å². The normalized spacial score (nSPS) is 12.1. The number of anilines is 1. The Morgan fingerprint density at radius 2 is 1.77 bits per heavy atom. The van der Waals surface area contributed by atoms with Crippen LogP contribution in [0, 0.1) is 12.7 Å². The Bertz CT molecular complexity index is 1090. The van der Waals surface area contributed by atoms with E-state index in [9.17, 15) is 22.4 Å². The zero-order chi connectivity index (χ0) is 26.0. The van der Waals surface area contributed by atoms with Crippen LogP contribution in [0.4, 0.5) is 10.1 Å². The fourth-order valence-corrected chi connectivity index (χ4v) is 4.82. The third-order valence-corrected chi connectivity index (χ3v) is 6.84. The van der Waals surface area contributed by atoms with Crippen LogP contribution in [0.15, 0.2) is 48.5 Å². The molecule has 0 aromatic heterocycles. The first-order chi connectivity index (χ1) is 16.6. The van der Waals surface area contributed by atoms with Gasteiger partial charge in [0.05, 0.1) is 11.9 Å². The number of halogens is 1. The van der Waals surface area contributed by atoms with Gasteiger partial charge in [-0.05, 0) is 61.6 Å². The lowest BCUT2D eigenvalue weighted by Crippen LogP contribution is -2.49. The predicted molar refractivity (Wildman–Crippen MR) is 137 cm³/mol. The van der Waals surface area contributed by atoms with E-state index in [4.69, 9.17) is 0 Å². The number of benzene rings is 2. The van der Waals surface area contributed by atoms with Gasteiger partial charge in [0, 0.05) is 26.1 Å². The van der Waals surface area contributed by atoms with Gasteiger partial charge < -0.3 is 10.2 Å². The predicted octanol–water partition coefficient (Wildman–Crippen LogP) is 4.01. The van der Waals surface area contributed by atoms with Gasteiger partial charge in [-0.3, -0.25) is 13.9 Å². The second-order valence-corrected chi connectivity index (χ2v) is 10.5. The first-order valence-corrected chi connectivity index (χ1v) is 13.8. The van der Waals surface area contributed by atoms with E-state index in [1.165, 1.54) is 21.3 Å². The molecule has 1 unspecified atom stereocenters. The number of aryl methyl sites for hydroxylation is 1. The van der Waals surface area contributed by atoms with Crippen LogP contribution in [-0.2, 0) is 26.2 Å². The summed E-state index contributed by atoms with van der Waals surface area (Å²) in [5, 5.41) is 2.85. The number of hydrogen-bond donors (Lipinski definition) is 1. The molecule has 2 aromatic carbocycles. The number of rotatable bonds is 13. The zero-order valence-electron chi connectivity index (χ0n) is 21.0. The van der Waals surface area contributed by atoms with Gasteiger partial charge in [-0.2, -0.15) is 0 Å². The summed E-state index contributed by atoms with van der Waals surface area (Å²) in [7, 11) is -3.54. The lowest BCUT2D eigenvalue weighted by atomic mass is 10.1. The monoisotopic (exact) mass is 505 g/mol. The van der Waals surface area contributed by atoms with Crippen LogP contribution in [0.1, 0.15) is 50.7 Å². The fraction of sp³-hybridized carbons (Fsp3) is 0.462. The molecule has 0 saturated heterocycles. The van der Waals surface area contributed by atoms with E-state index < -0.39 is 16.1 Å². The van der Waals surface area contributed by atoms with Gasteiger partial charge in [-0.25, -0.2) is 12.8 Å². The molecule has 0 radical (unpaired) electrons. The molecule has 2 aromatic rings. The molecule has 1 atom stereocenters. The number of carbonyl (C=O) groups excluding carboxylic acids is 2. The van der Waals surface area contributed by atoms with E-state index in [1.807, 2.05) is 26.8 Å². The summed E-state index contributed by atoms with van der Waals surface area (Å²) < 4.78 is 39.5. The third kappa shape index (κ3) is 8.65. The largest absolute Gasteiger partial charge is 0.354 e. The van der Waals surface area contributed by atoms with E-state index in [-0.39, 0.29) is 43.6 Å². The second kappa shape index (κ2) is 13.2. The van der Waals surface area contributed by atoms with Crippen LogP contribution in [0.3, 0.4) is 0 Å². The summed E-state index contributed by atoms with van der Waals surface area (Å²) in [5.74, 6) is -0.871. The van der Waals surface area contributed by atoms with Gasteiger partial charge in [-0.15, -0.1) is 0 Å². The minimum absolute atomic E-state index is 0.0661. The molecule has 0 fully saturated rings. The molecule has 0 spiro atoms. The van der Waals surface area contributed by atoms with E-state index >= 15 is 0 Å². The summed E-state index contributed by atoms with van der Waals surface area (Å²) in [5.41, 5.74) is 2.19. The first kappa shape index (κ1) is 28.3. The molecule has 2 amide bonds. The molecule has 0 aliphatic rings. The molecule has 0 aliphatic heterocycles. The quantitative estimate of drug-likeness (QED) is 0.446.